The van der Waals surface area contributed by atoms with E-state index in [1.54, 1.807) is 17.8 Å². The number of amides is 1. The van der Waals surface area contributed by atoms with E-state index in [2.05, 4.69) is 27.4 Å². The van der Waals surface area contributed by atoms with E-state index in [-0.39, 0.29) is 10.7 Å². The molecule has 0 spiro atoms. The number of hydrogen-bond acceptors (Lipinski definition) is 2. The number of benzene rings is 1. The van der Waals surface area contributed by atoms with Gasteiger partial charge in [0.05, 0.1) is 5.75 Å². The first-order valence-electron chi connectivity index (χ1n) is 6.49. The van der Waals surface area contributed by atoms with Crippen LogP contribution in [0.1, 0.15) is 26.3 Å². The Morgan fingerprint density at radius 2 is 1.95 bits per heavy atom. The molecule has 0 aromatic heterocycles. The lowest BCUT2D eigenvalue weighted by Crippen LogP contribution is -2.33. The fraction of sp³-hybridized carbons (Fsp3) is 0.438. The van der Waals surface area contributed by atoms with Crippen LogP contribution in [-0.2, 0) is 11.3 Å². The Bertz CT molecular complexity index is 409. The topological polar surface area (TPSA) is 20.3 Å². The van der Waals surface area contributed by atoms with E-state index >= 15 is 0 Å². The van der Waals surface area contributed by atoms with Crippen LogP contribution in [0.25, 0.3) is 0 Å². The summed E-state index contributed by atoms with van der Waals surface area (Å²) in [7, 11) is 0. The maximum atomic E-state index is 12.2. The zero-order valence-corrected chi connectivity index (χ0v) is 12.9. The molecule has 0 fully saturated rings. The summed E-state index contributed by atoms with van der Waals surface area (Å²) in [6, 6.07) is 10.1. The highest BCUT2D eigenvalue weighted by atomic mass is 32.2. The van der Waals surface area contributed by atoms with Gasteiger partial charge < -0.3 is 4.90 Å². The first kappa shape index (κ1) is 15.8. The molecule has 1 aromatic rings. The smallest absolute Gasteiger partial charge is 0.233 e. The maximum Gasteiger partial charge on any atom is 0.233 e. The van der Waals surface area contributed by atoms with Gasteiger partial charge in [0, 0.05) is 17.8 Å². The lowest BCUT2D eigenvalue weighted by atomic mass is 10.2. The van der Waals surface area contributed by atoms with Gasteiger partial charge in [-0.2, -0.15) is 0 Å². The van der Waals surface area contributed by atoms with Crippen molar-refractivity contribution in [3.8, 4) is 0 Å². The molecule has 0 heterocycles. The van der Waals surface area contributed by atoms with Crippen molar-refractivity contribution in [1.29, 1.82) is 0 Å². The van der Waals surface area contributed by atoms with E-state index in [1.807, 2.05) is 35.2 Å². The predicted octanol–water partition coefficient (Wildman–Crippen LogP) is 3.73. The first-order valence-corrected chi connectivity index (χ1v) is 7.47. The van der Waals surface area contributed by atoms with E-state index in [4.69, 9.17) is 0 Å². The molecule has 0 aliphatic rings. The Hall–Kier alpha value is -1.22. The molecule has 0 saturated carbocycles. The van der Waals surface area contributed by atoms with Crippen molar-refractivity contribution < 1.29 is 4.79 Å². The van der Waals surface area contributed by atoms with E-state index in [0.29, 0.717) is 18.8 Å². The van der Waals surface area contributed by atoms with Gasteiger partial charge in [0.1, 0.15) is 0 Å². The van der Waals surface area contributed by atoms with Gasteiger partial charge in [0.2, 0.25) is 5.91 Å². The molecule has 0 saturated heterocycles. The van der Waals surface area contributed by atoms with Crippen LogP contribution in [0.4, 0.5) is 0 Å². The van der Waals surface area contributed by atoms with Gasteiger partial charge in [-0.3, -0.25) is 4.79 Å². The van der Waals surface area contributed by atoms with Crippen molar-refractivity contribution in [1.82, 2.24) is 4.90 Å². The molecule has 2 nitrogen and oxygen atoms in total. The Morgan fingerprint density at radius 3 is 2.47 bits per heavy atom. The van der Waals surface area contributed by atoms with Crippen LogP contribution in [0.5, 0.6) is 0 Å². The molecule has 0 unspecified atom stereocenters. The third-order valence-electron chi connectivity index (χ3n) is 2.55. The second-order valence-corrected chi connectivity index (χ2v) is 7.25. The molecule has 104 valence electrons. The highest BCUT2D eigenvalue weighted by molar-refractivity contribution is 8.01. The normalized spacial score (nSPS) is 11.1. The van der Waals surface area contributed by atoms with Crippen LogP contribution in [0.15, 0.2) is 43.0 Å². The minimum atomic E-state index is 0.113. The van der Waals surface area contributed by atoms with Gasteiger partial charge in [0.25, 0.3) is 0 Å². The second kappa shape index (κ2) is 7.39. The Balaban J connectivity index is 2.61. The summed E-state index contributed by atoms with van der Waals surface area (Å²) in [5, 5.41) is 0. The fourth-order valence-electron chi connectivity index (χ4n) is 1.58. The molecule has 1 amide bonds. The first-order chi connectivity index (χ1) is 8.92. The zero-order valence-electron chi connectivity index (χ0n) is 12.1. The quantitative estimate of drug-likeness (QED) is 0.738. The van der Waals surface area contributed by atoms with Crippen molar-refractivity contribution in [2.24, 2.45) is 0 Å². The molecular formula is C16H23NOS. The van der Waals surface area contributed by atoms with Gasteiger partial charge in [-0.15, -0.1) is 18.3 Å². The van der Waals surface area contributed by atoms with Gasteiger partial charge in [-0.05, 0) is 5.56 Å². The van der Waals surface area contributed by atoms with Crippen LogP contribution in [0.2, 0.25) is 0 Å². The SMILES string of the molecule is C=CCN(Cc1ccccc1)C(=O)CSC(C)(C)C. The molecule has 0 radical (unpaired) electrons. The van der Waals surface area contributed by atoms with Gasteiger partial charge >= 0.3 is 0 Å². The minimum Gasteiger partial charge on any atom is -0.334 e. The van der Waals surface area contributed by atoms with Crippen LogP contribution < -0.4 is 0 Å². The van der Waals surface area contributed by atoms with Crippen molar-refractivity contribution in [2.75, 3.05) is 12.3 Å². The monoisotopic (exact) mass is 277 g/mol. The molecule has 0 aliphatic heterocycles. The number of thioether (sulfide) groups is 1. The van der Waals surface area contributed by atoms with Crippen LogP contribution in [-0.4, -0.2) is 27.9 Å². The van der Waals surface area contributed by atoms with Crippen molar-refractivity contribution >= 4 is 17.7 Å². The Labute approximate surface area is 120 Å². The lowest BCUT2D eigenvalue weighted by Gasteiger charge is -2.24. The van der Waals surface area contributed by atoms with Gasteiger partial charge in [-0.1, -0.05) is 57.2 Å². The Morgan fingerprint density at radius 1 is 1.32 bits per heavy atom. The zero-order chi connectivity index (χ0) is 14.3. The minimum absolute atomic E-state index is 0.113. The molecule has 19 heavy (non-hydrogen) atoms. The highest BCUT2D eigenvalue weighted by Gasteiger charge is 2.17. The highest BCUT2D eigenvalue weighted by Crippen LogP contribution is 2.23. The number of nitrogens with zero attached hydrogens (tertiary/aromatic N) is 1. The molecule has 1 aromatic carbocycles. The van der Waals surface area contributed by atoms with Crippen molar-refractivity contribution in [3.63, 3.8) is 0 Å². The molecule has 0 N–H and O–H groups in total. The summed E-state index contributed by atoms with van der Waals surface area (Å²) in [6.07, 6.45) is 1.78. The van der Waals surface area contributed by atoms with E-state index in [1.165, 1.54) is 0 Å². The molecule has 1 rings (SSSR count). The number of carbonyl (C=O) groups excluding carboxylic acids is 1. The summed E-state index contributed by atoms with van der Waals surface area (Å²) in [5.74, 6) is 0.688. The fourth-order valence-corrected chi connectivity index (χ4v) is 2.32. The summed E-state index contributed by atoms with van der Waals surface area (Å²) in [6.45, 7) is 11.4. The van der Waals surface area contributed by atoms with Crippen LogP contribution in [0, 0.1) is 0 Å². The largest absolute Gasteiger partial charge is 0.334 e. The number of rotatable bonds is 6. The standard InChI is InChI=1S/C16H23NOS/c1-5-11-17(12-14-9-7-6-8-10-14)15(18)13-19-16(2,3)4/h5-10H,1,11-13H2,2-4H3. The molecule has 0 bridgehead atoms. The lowest BCUT2D eigenvalue weighted by molar-refractivity contribution is -0.128. The average Bonchev–Trinajstić information content (AvgIpc) is 2.36. The molecule has 0 aliphatic carbocycles. The maximum absolute atomic E-state index is 12.2. The third-order valence-corrected chi connectivity index (χ3v) is 3.80. The van der Waals surface area contributed by atoms with Gasteiger partial charge in [-0.25, -0.2) is 0 Å². The van der Waals surface area contributed by atoms with Crippen molar-refractivity contribution in [2.45, 2.75) is 32.1 Å². The summed E-state index contributed by atoms with van der Waals surface area (Å²) in [5.41, 5.74) is 1.15. The summed E-state index contributed by atoms with van der Waals surface area (Å²) >= 11 is 1.68. The third kappa shape index (κ3) is 6.48. The number of carbonyl (C=O) groups is 1. The van der Waals surface area contributed by atoms with E-state index < -0.39 is 0 Å². The van der Waals surface area contributed by atoms with Crippen molar-refractivity contribution in [3.05, 3.63) is 48.6 Å². The summed E-state index contributed by atoms with van der Waals surface area (Å²) in [4.78, 5) is 14.1. The average molecular weight is 277 g/mol. The molecule has 3 heteroatoms. The Kier molecular flexibility index (Phi) is 6.16. The summed E-state index contributed by atoms with van der Waals surface area (Å²) < 4.78 is 0.113. The molecule has 0 atom stereocenters. The van der Waals surface area contributed by atoms with E-state index in [9.17, 15) is 4.79 Å². The number of hydrogen-bond donors (Lipinski definition) is 0. The molecular weight excluding hydrogens is 254 g/mol. The predicted molar refractivity (Wildman–Crippen MR) is 84.3 cm³/mol. The van der Waals surface area contributed by atoms with Gasteiger partial charge in [0.15, 0.2) is 0 Å². The second-order valence-electron chi connectivity index (χ2n) is 5.45. The van der Waals surface area contributed by atoms with E-state index in [0.717, 1.165) is 5.56 Å². The van der Waals surface area contributed by atoms with Crippen LogP contribution >= 0.6 is 11.8 Å². The van der Waals surface area contributed by atoms with Crippen LogP contribution in [0.3, 0.4) is 0 Å².